The number of Topliss-reactive ketones (excluding diaryl/α,β-unsaturated/α-hetero) is 1. The van der Waals surface area contributed by atoms with Gasteiger partial charge >= 0.3 is 0 Å². The summed E-state index contributed by atoms with van der Waals surface area (Å²) < 4.78 is 60.0. The third-order valence-electron chi connectivity index (χ3n) is 14.0. The summed E-state index contributed by atoms with van der Waals surface area (Å²) in [6.45, 7) is 11.3. The van der Waals surface area contributed by atoms with Crippen LogP contribution in [0.4, 0.5) is 0 Å². The highest BCUT2D eigenvalue weighted by Crippen LogP contribution is 2.54. The average Bonchev–Trinajstić information content (AvgIpc) is 3.79. The Morgan fingerprint density at radius 1 is 0.808 bits per heavy atom. The molecule has 290 valence electrons. The molecule has 0 saturated carbocycles. The van der Waals surface area contributed by atoms with E-state index in [0.717, 1.165) is 56.1 Å². The summed E-state index contributed by atoms with van der Waals surface area (Å²) in [6, 6.07) is 0. The fourth-order valence-electron chi connectivity index (χ4n) is 11.3. The molecule has 10 heterocycles. The second kappa shape index (κ2) is 14.3. The smallest absolute Gasteiger partial charge is 0.172 e. The second-order valence-electron chi connectivity index (χ2n) is 17.4. The maximum absolute atomic E-state index is 14.1. The molecule has 0 aliphatic carbocycles. The first-order valence-electron chi connectivity index (χ1n) is 20.2. The van der Waals surface area contributed by atoms with E-state index in [0.29, 0.717) is 25.7 Å². The zero-order chi connectivity index (χ0) is 35.9. The molecule has 2 unspecified atom stereocenters. The van der Waals surface area contributed by atoms with Crippen LogP contribution in [-0.4, -0.2) is 128 Å². The van der Waals surface area contributed by atoms with Gasteiger partial charge in [0.2, 0.25) is 0 Å². The number of carbonyl (C=O) groups excluding carboxylic acids is 1. The highest BCUT2D eigenvalue weighted by atomic mass is 16.8. The number of aliphatic hydroxyl groups is 1. The molecular formula is C40H59NO11. The van der Waals surface area contributed by atoms with E-state index in [1.54, 1.807) is 7.11 Å². The monoisotopic (exact) mass is 729 g/mol. The molecule has 10 aliphatic rings. The molecule has 10 rings (SSSR count). The molecule has 10 saturated heterocycles. The van der Waals surface area contributed by atoms with Crippen LogP contribution in [0.1, 0.15) is 90.4 Å². The van der Waals surface area contributed by atoms with E-state index in [9.17, 15) is 9.90 Å². The van der Waals surface area contributed by atoms with Crippen molar-refractivity contribution in [1.82, 2.24) is 0 Å². The number of rotatable bonds is 4. The van der Waals surface area contributed by atoms with Crippen molar-refractivity contribution in [3.63, 3.8) is 0 Å². The predicted molar refractivity (Wildman–Crippen MR) is 186 cm³/mol. The zero-order valence-electron chi connectivity index (χ0n) is 30.8. The fourth-order valence-corrected chi connectivity index (χ4v) is 11.3. The number of hydrogen-bond donors (Lipinski definition) is 2. The van der Waals surface area contributed by atoms with Gasteiger partial charge in [-0.3, -0.25) is 4.79 Å². The van der Waals surface area contributed by atoms with Crippen molar-refractivity contribution in [2.45, 2.75) is 194 Å². The predicted octanol–water partition coefficient (Wildman–Crippen LogP) is 3.44. The molecule has 0 aromatic rings. The number of ether oxygens (including phenoxy) is 9. The average molecular weight is 730 g/mol. The van der Waals surface area contributed by atoms with Crippen molar-refractivity contribution in [2.24, 2.45) is 17.6 Å². The van der Waals surface area contributed by atoms with Crippen LogP contribution in [0.2, 0.25) is 0 Å². The van der Waals surface area contributed by atoms with Crippen molar-refractivity contribution in [3.8, 4) is 0 Å². The lowest BCUT2D eigenvalue weighted by Crippen LogP contribution is -2.61. The van der Waals surface area contributed by atoms with E-state index in [2.05, 4.69) is 20.1 Å². The van der Waals surface area contributed by atoms with Crippen LogP contribution in [0, 0.1) is 11.8 Å². The number of hydrogen-bond acceptors (Lipinski definition) is 12. The van der Waals surface area contributed by atoms with E-state index >= 15 is 0 Å². The maximum Gasteiger partial charge on any atom is 0.172 e. The summed E-state index contributed by atoms with van der Waals surface area (Å²) in [6.07, 6.45) is 4.85. The van der Waals surface area contributed by atoms with E-state index in [-0.39, 0.29) is 122 Å². The highest BCUT2D eigenvalue weighted by molar-refractivity contribution is 5.79. The number of nitrogens with two attached hydrogens (primary N) is 1. The first-order valence-corrected chi connectivity index (χ1v) is 20.2. The van der Waals surface area contributed by atoms with Gasteiger partial charge in [-0.05, 0) is 62.0 Å². The molecule has 0 amide bonds. The second-order valence-corrected chi connectivity index (χ2v) is 17.4. The van der Waals surface area contributed by atoms with Gasteiger partial charge in [-0.25, -0.2) is 0 Å². The van der Waals surface area contributed by atoms with E-state index < -0.39 is 18.0 Å². The molecule has 0 aromatic heterocycles. The van der Waals surface area contributed by atoms with Crippen LogP contribution in [-0.2, 0) is 47.4 Å². The molecule has 0 radical (unpaired) electrons. The van der Waals surface area contributed by atoms with Crippen LogP contribution in [0.5, 0.6) is 0 Å². The standard InChI is InChI=1S/C40H59NO11/c1-19-11-24-5-7-28-20(2)12-26(45-28)9-10-40-17-33-36(51-40)37-38(50-33)39(52-40)35-29(49-37)8-6-25(47-35)13-22(42)14-27-31(16-30(46-24)21(19)3)48-32(34(27)44-4)15-23(43)18-41/h19,23-39,43H,2-3,5-18,41H2,1,4H3/t19-,23+,24+,25-,26+,27+,28+,29+,30-,31+,32-,33+,34-,35+,36?,37+,38?,39+,40-/m1/s1. The van der Waals surface area contributed by atoms with Crippen LogP contribution < -0.4 is 5.73 Å². The summed E-state index contributed by atoms with van der Waals surface area (Å²) in [5, 5.41) is 10.5. The van der Waals surface area contributed by atoms with Crippen molar-refractivity contribution in [2.75, 3.05) is 13.7 Å². The van der Waals surface area contributed by atoms with Gasteiger partial charge in [-0.2, -0.15) is 0 Å². The molecule has 52 heavy (non-hydrogen) atoms. The lowest BCUT2D eigenvalue weighted by atomic mass is 9.81. The van der Waals surface area contributed by atoms with Crippen LogP contribution in [0.3, 0.4) is 0 Å². The van der Waals surface area contributed by atoms with Crippen molar-refractivity contribution in [3.05, 3.63) is 24.3 Å². The Morgan fingerprint density at radius 2 is 1.56 bits per heavy atom. The number of fused-ring (bicyclic) bond motifs is 6. The largest absolute Gasteiger partial charge is 0.392 e. The topological polar surface area (TPSA) is 146 Å². The summed E-state index contributed by atoms with van der Waals surface area (Å²) in [5.74, 6) is -0.619. The molecule has 10 aliphatic heterocycles. The Bertz CT molecular complexity index is 1380. The summed E-state index contributed by atoms with van der Waals surface area (Å²) in [4.78, 5) is 14.1. The van der Waals surface area contributed by atoms with Gasteiger partial charge in [0.05, 0.1) is 67.1 Å². The lowest BCUT2D eigenvalue weighted by molar-refractivity contribution is -0.292. The summed E-state index contributed by atoms with van der Waals surface area (Å²) in [5.41, 5.74) is 8.01. The summed E-state index contributed by atoms with van der Waals surface area (Å²) >= 11 is 0. The van der Waals surface area contributed by atoms with Gasteiger partial charge in [0.25, 0.3) is 0 Å². The zero-order valence-corrected chi connectivity index (χ0v) is 30.8. The summed E-state index contributed by atoms with van der Waals surface area (Å²) in [7, 11) is 1.66. The normalized spacial score (nSPS) is 52.4. The Morgan fingerprint density at radius 3 is 2.38 bits per heavy atom. The van der Waals surface area contributed by atoms with E-state index in [1.807, 2.05) is 0 Å². The highest BCUT2D eigenvalue weighted by Gasteiger charge is 2.68. The molecule has 3 N–H and O–H groups in total. The minimum atomic E-state index is -0.780. The first-order chi connectivity index (χ1) is 25.1. The van der Waals surface area contributed by atoms with Gasteiger partial charge in [-0.1, -0.05) is 20.1 Å². The SMILES string of the molecule is C=C1C[C@@H]2CC[C@]34C[C@@H]5OC6[C@@H](O[C@H]7CC[C@H](CC(=O)C[C@@H]8[C@@H](OC)[C@@H](C[C@H](O)CN)O[C@H]8C[C@H]8O[C@@H](CC[C@@H]1O2)C[C@@H](C)C8=C)O[C@@H]7[C@@H]6O3)C5O4. The Hall–Kier alpha value is -1.29. The molecule has 12 nitrogen and oxygen atoms in total. The Labute approximate surface area is 307 Å². The minimum Gasteiger partial charge on any atom is -0.392 e. The van der Waals surface area contributed by atoms with Gasteiger partial charge in [0, 0.05) is 58.1 Å². The van der Waals surface area contributed by atoms with Gasteiger partial charge in [-0.15, -0.1) is 0 Å². The van der Waals surface area contributed by atoms with Gasteiger partial charge in [0.1, 0.15) is 36.3 Å². The molecule has 12 heteroatoms. The third kappa shape index (κ3) is 6.59. The molecule has 12 bridgehead atoms. The molecule has 1 spiro atoms. The third-order valence-corrected chi connectivity index (χ3v) is 14.0. The van der Waals surface area contributed by atoms with Gasteiger partial charge < -0.3 is 53.5 Å². The molecular weight excluding hydrogens is 670 g/mol. The Balaban J connectivity index is 0.994. The lowest BCUT2D eigenvalue weighted by Gasteiger charge is -2.47. The number of methoxy groups -OCH3 is 1. The maximum atomic E-state index is 14.1. The van der Waals surface area contributed by atoms with Crippen LogP contribution in [0.25, 0.3) is 0 Å². The number of aliphatic hydroxyl groups excluding tert-OH is 1. The number of carbonyl (C=O) groups is 1. The first kappa shape index (κ1) is 36.4. The fraction of sp³-hybridized carbons (Fsp3) is 0.875. The van der Waals surface area contributed by atoms with Crippen LogP contribution >= 0.6 is 0 Å². The quantitative estimate of drug-likeness (QED) is 0.409. The van der Waals surface area contributed by atoms with Gasteiger partial charge in [0.15, 0.2) is 5.79 Å². The van der Waals surface area contributed by atoms with Crippen LogP contribution in [0.15, 0.2) is 24.3 Å². The number of ketones is 1. The van der Waals surface area contributed by atoms with Crippen molar-refractivity contribution in [1.29, 1.82) is 0 Å². The molecule has 0 aromatic carbocycles. The van der Waals surface area contributed by atoms with Crippen molar-refractivity contribution >= 4 is 5.78 Å². The molecule has 19 atom stereocenters. The molecule has 10 fully saturated rings. The van der Waals surface area contributed by atoms with E-state index in [4.69, 9.17) is 48.4 Å². The van der Waals surface area contributed by atoms with E-state index in [1.165, 1.54) is 0 Å². The minimum absolute atomic E-state index is 0.0158. The Kier molecular flexibility index (Phi) is 10.0. The van der Waals surface area contributed by atoms with Crippen molar-refractivity contribution < 1.29 is 52.5 Å².